The van der Waals surface area contributed by atoms with Gasteiger partial charge in [-0.3, -0.25) is 4.79 Å². The first-order chi connectivity index (χ1) is 10.1. The number of nitrogens with one attached hydrogen (secondary N) is 1. The molecule has 1 saturated carbocycles. The lowest BCUT2D eigenvalue weighted by Crippen LogP contribution is -2.18. The van der Waals surface area contributed by atoms with Crippen molar-refractivity contribution in [3.63, 3.8) is 0 Å². The van der Waals surface area contributed by atoms with Crippen LogP contribution in [0.4, 0.5) is 10.7 Å². The van der Waals surface area contributed by atoms with Gasteiger partial charge in [0.05, 0.1) is 15.5 Å². The molecule has 3 N–H and O–H groups in total. The maximum Gasteiger partial charge on any atom is 0.174 e. The van der Waals surface area contributed by atoms with Crippen LogP contribution in [0.2, 0.25) is 0 Å². The third-order valence-electron chi connectivity index (χ3n) is 4.27. The highest BCUT2D eigenvalue weighted by molar-refractivity contribution is 7.99. The van der Waals surface area contributed by atoms with Gasteiger partial charge in [0.2, 0.25) is 0 Å². The van der Waals surface area contributed by atoms with Crippen molar-refractivity contribution in [3.05, 3.63) is 4.88 Å². The van der Waals surface area contributed by atoms with Gasteiger partial charge in [-0.05, 0) is 31.4 Å². The Kier molecular flexibility index (Phi) is 5.99. The van der Waals surface area contributed by atoms with Crippen LogP contribution in [-0.2, 0) is 0 Å². The fourth-order valence-corrected chi connectivity index (χ4v) is 5.02. The van der Waals surface area contributed by atoms with E-state index in [9.17, 15) is 4.79 Å². The number of carbonyl (C=O) groups excluding carboxylic acids is 1. The molecule has 0 aromatic carbocycles. The summed E-state index contributed by atoms with van der Waals surface area (Å²) in [5, 5.41) is 4.76. The van der Waals surface area contributed by atoms with Crippen LogP contribution in [0.25, 0.3) is 0 Å². The molecule has 0 amide bonds. The number of carbonyl (C=O) groups is 1. The van der Waals surface area contributed by atoms with E-state index in [-0.39, 0.29) is 5.78 Å². The van der Waals surface area contributed by atoms with Crippen molar-refractivity contribution >= 4 is 39.6 Å². The average Bonchev–Trinajstić information content (AvgIpc) is 2.64. The van der Waals surface area contributed by atoms with E-state index < -0.39 is 0 Å². The highest BCUT2D eigenvalue weighted by Gasteiger charge is 2.22. The van der Waals surface area contributed by atoms with Crippen LogP contribution in [0.5, 0.6) is 0 Å². The highest BCUT2D eigenvalue weighted by Crippen LogP contribution is 2.43. The molecule has 0 aliphatic heterocycles. The lowest BCUT2D eigenvalue weighted by Gasteiger charge is -2.17. The molecular weight excluding hydrogens is 300 g/mol. The highest BCUT2D eigenvalue weighted by atomic mass is 32.2. The molecule has 1 aliphatic carbocycles. The van der Waals surface area contributed by atoms with Crippen molar-refractivity contribution in [1.82, 2.24) is 0 Å². The maximum absolute atomic E-state index is 12.0. The van der Waals surface area contributed by atoms with Crippen LogP contribution in [-0.4, -0.2) is 18.1 Å². The molecule has 1 fully saturated rings. The Morgan fingerprint density at radius 1 is 1.38 bits per heavy atom. The SMILES string of the molecule is CCC(=O)c1sc(NC2CCCC(C)CC2)c(SC)c1N. The van der Waals surface area contributed by atoms with Gasteiger partial charge in [-0.2, -0.15) is 0 Å². The minimum Gasteiger partial charge on any atom is -0.396 e. The number of ketones is 1. The van der Waals surface area contributed by atoms with E-state index in [1.807, 2.05) is 13.2 Å². The second-order valence-corrected chi connectivity index (χ2v) is 7.78. The van der Waals surface area contributed by atoms with E-state index in [2.05, 4.69) is 12.2 Å². The topological polar surface area (TPSA) is 55.1 Å². The summed E-state index contributed by atoms with van der Waals surface area (Å²) < 4.78 is 0. The zero-order valence-electron chi connectivity index (χ0n) is 13.2. The van der Waals surface area contributed by atoms with Crippen molar-refractivity contribution in [3.8, 4) is 0 Å². The zero-order valence-corrected chi connectivity index (χ0v) is 14.8. The molecule has 2 unspecified atom stereocenters. The Labute approximate surface area is 136 Å². The van der Waals surface area contributed by atoms with E-state index in [1.165, 1.54) is 43.4 Å². The molecule has 21 heavy (non-hydrogen) atoms. The molecule has 0 saturated heterocycles. The Morgan fingerprint density at radius 3 is 2.81 bits per heavy atom. The van der Waals surface area contributed by atoms with Gasteiger partial charge < -0.3 is 11.1 Å². The van der Waals surface area contributed by atoms with Gasteiger partial charge in [0, 0.05) is 12.5 Å². The molecule has 1 aromatic rings. The Bertz CT molecular complexity index is 499. The van der Waals surface area contributed by atoms with Crippen molar-refractivity contribution in [2.45, 2.75) is 63.3 Å². The molecule has 0 spiro atoms. The molecule has 0 bridgehead atoms. The van der Waals surface area contributed by atoms with Gasteiger partial charge in [0.15, 0.2) is 5.78 Å². The molecule has 1 heterocycles. The molecule has 3 nitrogen and oxygen atoms in total. The summed E-state index contributed by atoms with van der Waals surface area (Å²) in [5.41, 5.74) is 6.85. The third kappa shape index (κ3) is 3.95. The Hall–Kier alpha value is -0.680. The number of hydrogen-bond donors (Lipinski definition) is 2. The van der Waals surface area contributed by atoms with Gasteiger partial charge in [-0.15, -0.1) is 23.1 Å². The molecule has 2 atom stereocenters. The lowest BCUT2D eigenvalue weighted by molar-refractivity contribution is 0.0992. The monoisotopic (exact) mass is 326 g/mol. The zero-order chi connectivity index (χ0) is 15.4. The average molecular weight is 327 g/mol. The quantitative estimate of drug-likeness (QED) is 0.453. The first kappa shape index (κ1) is 16.7. The van der Waals surface area contributed by atoms with Crippen LogP contribution in [0.3, 0.4) is 0 Å². The predicted octanol–water partition coefficient (Wildman–Crippen LogP) is 5.03. The summed E-state index contributed by atoms with van der Waals surface area (Å²) >= 11 is 3.17. The van der Waals surface area contributed by atoms with Crippen molar-refractivity contribution < 1.29 is 4.79 Å². The van der Waals surface area contributed by atoms with Crippen LogP contribution >= 0.6 is 23.1 Å². The van der Waals surface area contributed by atoms with E-state index >= 15 is 0 Å². The van der Waals surface area contributed by atoms with Crippen molar-refractivity contribution in [1.29, 1.82) is 0 Å². The molecule has 0 radical (unpaired) electrons. The van der Waals surface area contributed by atoms with E-state index in [4.69, 9.17) is 5.73 Å². The van der Waals surface area contributed by atoms with Gasteiger partial charge in [0.25, 0.3) is 0 Å². The predicted molar refractivity (Wildman–Crippen MR) is 94.8 cm³/mol. The number of thioether (sulfide) groups is 1. The summed E-state index contributed by atoms with van der Waals surface area (Å²) in [4.78, 5) is 13.8. The smallest absolute Gasteiger partial charge is 0.174 e. The lowest BCUT2D eigenvalue weighted by atomic mass is 10.0. The van der Waals surface area contributed by atoms with Crippen LogP contribution in [0.1, 0.15) is 62.0 Å². The summed E-state index contributed by atoms with van der Waals surface area (Å²) in [5.74, 6) is 0.984. The van der Waals surface area contributed by atoms with Crippen LogP contribution < -0.4 is 11.1 Å². The second kappa shape index (κ2) is 7.54. The summed E-state index contributed by atoms with van der Waals surface area (Å²) in [6.45, 7) is 4.23. The molecule has 1 aliphatic rings. The molecule has 5 heteroatoms. The number of Topliss-reactive ketones (excluding diaryl/α,β-unsaturated/α-hetero) is 1. The van der Waals surface area contributed by atoms with Gasteiger partial charge in [-0.1, -0.05) is 26.7 Å². The molecular formula is C16H26N2OS2. The first-order valence-corrected chi connectivity index (χ1v) is 9.86. The van der Waals surface area contributed by atoms with Crippen molar-refractivity contribution in [2.75, 3.05) is 17.3 Å². The van der Waals surface area contributed by atoms with E-state index in [0.29, 0.717) is 18.2 Å². The number of rotatable bonds is 5. The molecule has 1 aromatic heterocycles. The fourth-order valence-electron chi connectivity index (χ4n) is 2.91. The second-order valence-electron chi connectivity index (χ2n) is 5.94. The number of nitrogen functional groups attached to an aromatic ring is 1. The summed E-state index contributed by atoms with van der Waals surface area (Å²) in [6, 6.07) is 0.517. The van der Waals surface area contributed by atoms with Gasteiger partial charge in [-0.25, -0.2) is 0 Å². The standard InChI is InChI=1S/C16H26N2OS2/c1-4-12(19)14-13(17)15(20-3)16(21-14)18-11-7-5-6-10(2)8-9-11/h10-11,18H,4-9,17H2,1-3H3. The molecule has 118 valence electrons. The van der Waals surface area contributed by atoms with E-state index in [0.717, 1.165) is 20.7 Å². The van der Waals surface area contributed by atoms with Gasteiger partial charge in [0.1, 0.15) is 5.00 Å². The minimum absolute atomic E-state index is 0.148. The normalized spacial score (nSPS) is 22.8. The summed E-state index contributed by atoms with van der Waals surface area (Å²) in [6.07, 6.45) is 8.87. The molecule has 2 rings (SSSR count). The minimum atomic E-state index is 0.148. The Morgan fingerprint density at radius 2 is 2.14 bits per heavy atom. The summed E-state index contributed by atoms with van der Waals surface area (Å²) in [7, 11) is 0. The fraction of sp³-hybridized carbons (Fsp3) is 0.688. The Balaban J connectivity index is 2.17. The third-order valence-corrected chi connectivity index (χ3v) is 6.41. The maximum atomic E-state index is 12.0. The van der Waals surface area contributed by atoms with Crippen LogP contribution in [0.15, 0.2) is 4.90 Å². The van der Waals surface area contributed by atoms with Crippen molar-refractivity contribution in [2.24, 2.45) is 5.92 Å². The van der Waals surface area contributed by atoms with Gasteiger partial charge >= 0.3 is 0 Å². The number of nitrogens with two attached hydrogens (primary N) is 1. The number of thiophene rings is 1. The largest absolute Gasteiger partial charge is 0.396 e. The van der Waals surface area contributed by atoms with E-state index in [1.54, 1.807) is 11.8 Å². The first-order valence-electron chi connectivity index (χ1n) is 7.82. The number of hydrogen-bond acceptors (Lipinski definition) is 5. The number of anilines is 2. The van der Waals surface area contributed by atoms with Crippen LogP contribution in [0, 0.1) is 5.92 Å².